The summed E-state index contributed by atoms with van der Waals surface area (Å²) in [5, 5.41) is 9.38. The lowest BCUT2D eigenvalue weighted by atomic mass is 10.2. The number of carbonyl (C=O) groups excluding carboxylic acids is 1. The maximum Gasteiger partial charge on any atom is 0.387 e. The van der Waals surface area contributed by atoms with E-state index in [0.717, 1.165) is 36.1 Å². The molecule has 1 saturated heterocycles. The van der Waals surface area contributed by atoms with Crippen LogP contribution in [0.25, 0.3) is 5.69 Å². The van der Waals surface area contributed by atoms with E-state index in [1.54, 1.807) is 12.1 Å². The number of ether oxygens (including phenoxy) is 2. The van der Waals surface area contributed by atoms with Crippen molar-refractivity contribution in [2.24, 2.45) is 0 Å². The number of nitrogens with zero attached hydrogens (tertiary/aromatic N) is 5. The van der Waals surface area contributed by atoms with Gasteiger partial charge < -0.3 is 18.9 Å². The molecule has 1 fully saturated rings. The van der Waals surface area contributed by atoms with Crippen molar-refractivity contribution in [3.05, 3.63) is 47.3 Å². The maximum atomic E-state index is 13.1. The molecular formula is C23H27F2N5O3S. The highest BCUT2D eigenvalue weighted by molar-refractivity contribution is 7.99. The molecule has 0 atom stereocenters. The van der Waals surface area contributed by atoms with E-state index >= 15 is 0 Å². The fraction of sp³-hybridized carbons (Fsp3) is 0.435. The van der Waals surface area contributed by atoms with Crippen LogP contribution in [0.3, 0.4) is 0 Å². The summed E-state index contributed by atoms with van der Waals surface area (Å²) in [5.41, 5.74) is 3.05. The van der Waals surface area contributed by atoms with Gasteiger partial charge in [-0.25, -0.2) is 0 Å². The minimum atomic E-state index is -2.87. The van der Waals surface area contributed by atoms with E-state index in [4.69, 9.17) is 4.74 Å². The lowest BCUT2D eigenvalue weighted by Crippen LogP contribution is -2.38. The number of hydrogen-bond donors (Lipinski definition) is 0. The quantitative estimate of drug-likeness (QED) is 0.329. The van der Waals surface area contributed by atoms with Crippen molar-refractivity contribution in [1.82, 2.24) is 19.3 Å². The lowest BCUT2D eigenvalue weighted by molar-refractivity contribution is -0.0498. The van der Waals surface area contributed by atoms with E-state index in [1.165, 1.54) is 23.9 Å². The summed E-state index contributed by atoms with van der Waals surface area (Å²) in [7, 11) is 0. The second-order valence-corrected chi connectivity index (χ2v) is 8.77. The number of morpholine rings is 1. The lowest BCUT2D eigenvalue weighted by Gasteiger charge is -2.27. The number of rotatable bonds is 9. The first kappa shape index (κ1) is 24.2. The van der Waals surface area contributed by atoms with Gasteiger partial charge in [0.2, 0.25) is 5.95 Å². The third kappa shape index (κ3) is 5.10. The predicted octanol–water partition coefficient (Wildman–Crippen LogP) is 4.12. The SMILES string of the molecule is CCn1c(SCC(=O)c2cc(C)n(-c3ccc(OC(F)F)cc3)c2C)nnc1N1CCOCC1. The molecule has 34 heavy (non-hydrogen) atoms. The largest absolute Gasteiger partial charge is 0.435 e. The van der Waals surface area contributed by atoms with E-state index < -0.39 is 6.61 Å². The standard InChI is InChI=1S/C23H27F2N5O3S/c1-4-29-22(28-9-11-32-12-10-28)26-27-23(29)34-14-20(31)19-13-15(2)30(16(19)3)17-5-7-18(8-6-17)33-21(24)25/h5-8,13,21H,4,9-12,14H2,1-3H3. The molecule has 182 valence electrons. The number of carbonyl (C=O) groups is 1. The monoisotopic (exact) mass is 491 g/mol. The van der Waals surface area contributed by atoms with Crippen LogP contribution >= 0.6 is 11.8 Å². The summed E-state index contributed by atoms with van der Waals surface area (Å²) in [5.74, 6) is 1.11. The van der Waals surface area contributed by atoms with E-state index in [-0.39, 0.29) is 17.3 Å². The van der Waals surface area contributed by atoms with Crippen LogP contribution in [-0.4, -0.2) is 63.8 Å². The van der Waals surface area contributed by atoms with Gasteiger partial charge in [0.25, 0.3) is 0 Å². The van der Waals surface area contributed by atoms with E-state index in [0.29, 0.717) is 30.5 Å². The number of hydrogen-bond acceptors (Lipinski definition) is 7. The molecule has 1 aliphatic heterocycles. The fourth-order valence-corrected chi connectivity index (χ4v) is 4.97. The van der Waals surface area contributed by atoms with Gasteiger partial charge in [-0.05, 0) is 51.1 Å². The maximum absolute atomic E-state index is 13.1. The molecule has 1 aromatic carbocycles. The molecule has 0 aliphatic carbocycles. The molecule has 11 heteroatoms. The zero-order valence-corrected chi connectivity index (χ0v) is 20.1. The van der Waals surface area contributed by atoms with Crippen molar-refractivity contribution in [3.63, 3.8) is 0 Å². The second-order valence-electron chi connectivity index (χ2n) is 7.83. The molecule has 4 rings (SSSR count). The molecule has 0 unspecified atom stereocenters. The Balaban J connectivity index is 1.48. The summed E-state index contributed by atoms with van der Waals surface area (Å²) < 4.78 is 38.6. The number of anilines is 1. The van der Waals surface area contributed by atoms with E-state index in [1.807, 2.05) is 36.0 Å². The number of thioether (sulfide) groups is 1. The van der Waals surface area contributed by atoms with Gasteiger partial charge in [0.1, 0.15) is 5.75 Å². The van der Waals surface area contributed by atoms with Crippen molar-refractivity contribution >= 4 is 23.5 Å². The fourth-order valence-electron chi connectivity index (χ4n) is 4.09. The highest BCUT2D eigenvalue weighted by atomic mass is 32.2. The highest BCUT2D eigenvalue weighted by Crippen LogP contribution is 2.27. The summed E-state index contributed by atoms with van der Waals surface area (Å²) in [4.78, 5) is 15.2. The van der Waals surface area contributed by atoms with Gasteiger partial charge in [-0.1, -0.05) is 11.8 Å². The molecule has 0 radical (unpaired) electrons. The third-order valence-electron chi connectivity index (χ3n) is 5.69. The average molecular weight is 492 g/mol. The van der Waals surface area contributed by atoms with Gasteiger partial charge in [0.05, 0.1) is 19.0 Å². The zero-order valence-electron chi connectivity index (χ0n) is 19.3. The summed E-state index contributed by atoms with van der Waals surface area (Å²) in [6.45, 7) is 6.50. The first-order chi connectivity index (χ1) is 16.4. The Morgan fingerprint density at radius 1 is 1.18 bits per heavy atom. The summed E-state index contributed by atoms with van der Waals surface area (Å²) >= 11 is 1.37. The molecule has 0 amide bonds. The summed E-state index contributed by atoms with van der Waals surface area (Å²) in [6.07, 6.45) is 0. The number of Topliss-reactive ketones (excluding diaryl/α,β-unsaturated/α-hetero) is 1. The Morgan fingerprint density at radius 3 is 2.53 bits per heavy atom. The van der Waals surface area contributed by atoms with Gasteiger partial charge in [0, 0.05) is 42.3 Å². The average Bonchev–Trinajstić information content (AvgIpc) is 3.38. The van der Waals surface area contributed by atoms with Gasteiger partial charge in [-0.3, -0.25) is 9.36 Å². The van der Waals surface area contributed by atoms with Gasteiger partial charge in [-0.2, -0.15) is 8.78 Å². The van der Waals surface area contributed by atoms with Crippen LogP contribution in [0, 0.1) is 13.8 Å². The normalized spacial score (nSPS) is 14.1. The van der Waals surface area contributed by atoms with E-state index in [2.05, 4.69) is 19.8 Å². The van der Waals surface area contributed by atoms with Crippen molar-refractivity contribution in [2.45, 2.75) is 39.1 Å². The Hall–Kier alpha value is -2.92. The second kappa shape index (κ2) is 10.6. The van der Waals surface area contributed by atoms with Crippen molar-refractivity contribution in [1.29, 1.82) is 0 Å². The minimum absolute atomic E-state index is 0.0134. The first-order valence-corrected chi connectivity index (χ1v) is 12.0. The topological polar surface area (TPSA) is 74.4 Å². The molecule has 3 heterocycles. The molecule has 0 saturated carbocycles. The number of aryl methyl sites for hydroxylation is 1. The Bertz CT molecular complexity index is 1140. The van der Waals surface area contributed by atoms with Gasteiger partial charge >= 0.3 is 6.61 Å². The predicted molar refractivity (Wildman–Crippen MR) is 126 cm³/mol. The van der Waals surface area contributed by atoms with Crippen LogP contribution in [0.4, 0.5) is 14.7 Å². The molecule has 8 nitrogen and oxygen atoms in total. The van der Waals surface area contributed by atoms with Crippen molar-refractivity contribution < 1.29 is 23.0 Å². The van der Waals surface area contributed by atoms with Crippen LogP contribution in [0.1, 0.15) is 28.7 Å². The zero-order chi connectivity index (χ0) is 24.2. The number of alkyl halides is 2. The van der Waals surface area contributed by atoms with Gasteiger partial charge in [0.15, 0.2) is 10.9 Å². The molecule has 1 aliphatic rings. The van der Waals surface area contributed by atoms with E-state index in [9.17, 15) is 13.6 Å². The van der Waals surface area contributed by atoms with Crippen LogP contribution in [-0.2, 0) is 11.3 Å². The number of ketones is 1. The molecule has 0 bridgehead atoms. The molecule has 3 aromatic rings. The highest BCUT2D eigenvalue weighted by Gasteiger charge is 2.22. The first-order valence-electron chi connectivity index (χ1n) is 11.0. The van der Waals surface area contributed by atoms with Crippen molar-refractivity contribution in [2.75, 3.05) is 37.0 Å². The smallest absolute Gasteiger partial charge is 0.387 e. The molecule has 0 N–H and O–H groups in total. The number of aromatic nitrogens is 4. The van der Waals surface area contributed by atoms with Crippen LogP contribution in [0.15, 0.2) is 35.5 Å². The van der Waals surface area contributed by atoms with Gasteiger partial charge in [-0.15, -0.1) is 10.2 Å². The van der Waals surface area contributed by atoms with Crippen LogP contribution < -0.4 is 9.64 Å². The molecular weight excluding hydrogens is 464 g/mol. The third-order valence-corrected chi connectivity index (χ3v) is 6.66. The van der Waals surface area contributed by atoms with Crippen molar-refractivity contribution in [3.8, 4) is 11.4 Å². The number of halogens is 2. The Labute approximate surface area is 200 Å². The Morgan fingerprint density at radius 2 is 1.88 bits per heavy atom. The Kier molecular flexibility index (Phi) is 7.52. The minimum Gasteiger partial charge on any atom is -0.435 e. The summed E-state index contributed by atoms with van der Waals surface area (Å²) in [6, 6.07) is 8.21. The van der Waals surface area contributed by atoms with Crippen LogP contribution in [0.2, 0.25) is 0 Å². The number of benzene rings is 1. The molecule has 2 aromatic heterocycles. The molecule has 0 spiro atoms. The van der Waals surface area contributed by atoms with Crippen LogP contribution in [0.5, 0.6) is 5.75 Å².